The molecule has 0 bridgehead atoms. The zero-order valence-corrected chi connectivity index (χ0v) is 12.3. The highest BCUT2D eigenvalue weighted by Crippen LogP contribution is 2.31. The Morgan fingerprint density at radius 2 is 1.95 bits per heavy atom. The van der Waals surface area contributed by atoms with E-state index in [1.54, 1.807) is 12.1 Å². The molecule has 0 atom stereocenters. The number of hydrogen-bond acceptors (Lipinski definition) is 3. The van der Waals surface area contributed by atoms with Crippen molar-refractivity contribution in [3.63, 3.8) is 0 Å². The molecule has 1 aromatic rings. The monoisotopic (exact) mass is 290 g/mol. The normalized spacial score (nSPS) is 17.2. The molecule has 0 heterocycles. The van der Waals surface area contributed by atoms with E-state index in [2.05, 4.69) is 10.6 Å². The van der Waals surface area contributed by atoms with Crippen molar-refractivity contribution in [1.29, 1.82) is 0 Å². The molecule has 3 N–H and O–H groups in total. The number of carbonyl (C=O) groups excluding carboxylic acids is 1. The van der Waals surface area contributed by atoms with Crippen molar-refractivity contribution < 1.29 is 14.7 Å². The predicted molar refractivity (Wildman–Crippen MR) is 81.5 cm³/mol. The van der Waals surface area contributed by atoms with Crippen LogP contribution in [0, 0.1) is 0 Å². The van der Waals surface area contributed by atoms with Crippen molar-refractivity contribution in [2.45, 2.75) is 44.1 Å². The molecule has 1 saturated carbocycles. The molecule has 0 aliphatic heterocycles. The fourth-order valence-corrected chi connectivity index (χ4v) is 2.99. The first-order valence-corrected chi connectivity index (χ1v) is 7.37. The summed E-state index contributed by atoms with van der Waals surface area (Å²) in [6, 6.07) is 6.33. The molecule has 1 aliphatic carbocycles. The van der Waals surface area contributed by atoms with Gasteiger partial charge in [-0.1, -0.05) is 25.3 Å². The largest absolute Gasteiger partial charge is 0.478 e. The SMILES string of the molecule is CNC1(CC(=O)Nc2cccc(C(=O)O)c2)CCCCC1. The van der Waals surface area contributed by atoms with Gasteiger partial charge < -0.3 is 15.7 Å². The van der Waals surface area contributed by atoms with E-state index >= 15 is 0 Å². The molecule has 21 heavy (non-hydrogen) atoms. The van der Waals surface area contributed by atoms with Gasteiger partial charge in [-0.15, -0.1) is 0 Å². The van der Waals surface area contributed by atoms with Gasteiger partial charge in [-0.2, -0.15) is 0 Å². The summed E-state index contributed by atoms with van der Waals surface area (Å²) in [5.41, 5.74) is 0.586. The Morgan fingerprint density at radius 1 is 1.24 bits per heavy atom. The highest BCUT2D eigenvalue weighted by atomic mass is 16.4. The number of carbonyl (C=O) groups is 2. The highest BCUT2D eigenvalue weighted by Gasteiger charge is 2.32. The molecule has 1 aliphatic rings. The molecule has 0 saturated heterocycles. The van der Waals surface area contributed by atoms with Gasteiger partial charge in [0.25, 0.3) is 0 Å². The Labute approximate surface area is 124 Å². The number of aromatic carboxylic acids is 1. The summed E-state index contributed by atoms with van der Waals surface area (Å²) < 4.78 is 0. The zero-order chi connectivity index (χ0) is 15.3. The summed E-state index contributed by atoms with van der Waals surface area (Å²) in [4.78, 5) is 23.2. The number of benzene rings is 1. The molecule has 1 amide bonds. The number of amides is 1. The van der Waals surface area contributed by atoms with Crippen LogP contribution in [0.15, 0.2) is 24.3 Å². The fraction of sp³-hybridized carbons (Fsp3) is 0.500. The van der Waals surface area contributed by atoms with E-state index in [4.69, 9.17) is 5.11 Å². The van der Waals surface area contributed by atoms with Crippen LogP contribution >= 0.6 is 0 Å². The number of nitrogens with one attached hydrogen (secondary N) is 2. The average Bonchev–Trinajstić information content (AvgIpc) is 2.48. The molecule has 0 radical (unpaired) electrons. The molecule has 1 aromatic carbocycles. The lowest BCUT2D eigenvalue weighted by atomic mass is 9.79. The van der Waals surface area contributed by atoms with E-state index in [0.29, 0.717) is 12.1 Å². The molecular weight excluding hydrogens is 268 g/mol. The van der Waals surface area contributed by atoms with Gasteiger partial charge in [0.05, 0.1) is 5.56 Å². The summed E-state index contributed by atoms with van der Waals surface area (Å²) in [7, 11) is 1.91. The first-order chi connectivity index (χ1) is 10.0. The molecule has 114 valence electrons. The minimum atomic E-state index is -0.995. The Kier molecular flexibility index (Phi) is 4.96. The number of hydrogen-bond donors (Lipinski definition) is 3. The van der Waals surface area contributed by atoms with Crippen LogP contribution in [0.3, 0.4) is 0 Å². The summed E-state index contributed by atoms with van der Waals surface area (Å²) >= 11 is 0. The van der Waals surface area contributed by atoms with Crippen LogP contribution in [0.1, 0.15) is 48.9 Å². The number of carboxylic acids is 1. The van der Waals surface area contributed by atoms with Gasteiger partial charge in [-0.05, 0) is 38.1 Å². The van der Waals surface area contributed by atoms with E-state index in [1.165, 1.54) is 18.6 Å². The van der Waals surface area contributed by atoms with Crippen molar-refractivity contribution in [3.05, 3.63) is 29.8 Å². The number of anilines is 1. The van der Waals surface area contributed by atoms with Crippen LogP contribution in [-0.2, 0) is 4.79 Å². The minimum absolute atomic E-state index is 0.0752. The van der Waals surface area contributed by atoms with Crippen molar-refractivity contribution >= 4 is 17.6 Å². The van der Waals surface area contributed by atoms with Gasteiger partial charge in [0.1, 0.15) is 0 Å². The van der Waals surface area contributed by atoms with Gasteiger partial charge >= 0.3 is 5.97 Å². The van der Waals surface area contributed by atoms with Gasteiger partial charge in [0.15, 0.2) is 0 Å². The molecular formula is C16H22N2O3. The third-order valence-electron chi connectivity index (χ3n) is 4.23. The second-order valence-corrected chi connectivity index (χ2v) is 5.70. The van der Waals surface area contributed by atoms with Crippen molar-refractivity contribution in [3.8, 4) is 0 Å². The first kappa shape index (κ1) is 15.5. The maximum absolute atomic E-state index is 12.2. The van der Waals surface area contributed by atoms with Crippen molar-refractivity contribution in [1.82, 2.24) is 5.32 Å². The molecule has 5 heteroatoms. The Bertz CT molecular complexity index is 522. The van der Waals surface area contributed by atoms with E-state index in [1.807, 2.05) is 7.05 Å². The van der Waals surface area contributed by atoms with Crippen LogP contribution in [-0.4, -0.2) is 29.6 Å². The van der Waals surface area contributed by atoms with Crippen LogP contribution in [0.25, 0.3) is 0 Å². The maximum Gasteiger partial charge on any atom is 0.335 e. The second kappa shape index (κ2) is 6.72. The fourth-order valence-electron chi connectivity index (χ4n) is 2.99. The van der Waals surface area contributed by atoms with E-state index < -0.39 is 5.97 Å². The number of rotatable bonds is 5. The third kappa shape index (κ3) is 4.04. The lowest BCUT2D eigenvalue weighted by Gasteiger charge is -2.36. The van der Waals surface area contributed by atoms with E-state index in [9.17, 15) is 9.59 Å². The quantitative estimate of drug-likeness (QED) is 0.779. The standard InChI is InChI=1S/C16H22N2O3/c1-17-16(8-3-2-4-9-16)11-14(19)18-13-7-5-6-12(10-13)15(20)21/h5-7,10,17H,2-4,8-9,11H2,1H3,(H,18,19)(H,20,21). The lowest BCUT2D eigenvalue weighted by molar-refractivity contribution is -0.117. The summed E-state index contributed by atoms with van der Waals surface area (Å²) in [6.07, 6.45) is 5.94. The third-order valence-corrected chi connectivity index (χ3v) is 4.23. The molecule has 0 spiro atoms. The second-order valence-electron chi connectivity index (χ2n) is 5.70. The van der Waals surface area contributed by atoms with Crippen LogP contribution in [0.5, 0.6) is 0 Å². The zero-order valence-electron chi connectivity index (χ0n) is 12.3. The lowest BCUT2D eigenvalue weighted by Crippen LogP contribution is -2.47. The molecule has 1 fully saturated rings. The van der Waals surface area contributed by atoms with Gasteiger partial charge in [-0.3, -0.25) is 4.79 Å². The van der Waals surface area contributed by atoms with Crippen LogP contribution < -0.4 is 10.6 Å². The summed E-state index contributed by atoms with van der Waals surface area (Å²) in [6.45, 7) is 0. The van der Waals surface area contributed by atoms with Crippen LogP contribution in [0.4, 0.5) is 5.69 Å². The van der Waals surface area contributed by atoms with Gasteiger partial charge in [0, 0.05) is 17.6 Å². The Balaban J connectivity index is 2.00. The van der Waals surface area contributed by atoms with Gasteiger partial charge in [-0.25, -0.2) is 4.79 Å². The van der Waals surface area contributed by atoms with Crippen molar-refractivity contribution in [2.24, 2.45) is 0 Å². The number of carboxylic acid groups (broad SMARTS) is 1. The Morgan fingerprint density at radius 3 is 2.57 bits per heavy atom. The molecule has 0 unspecified atom stereocenters. The van der Waals surface area contributed by atoms with Gasteiger partial charge in [0.2, 0.25) is 5.91 Å². The molecule has 5 nitrogen and oxygen atoms in total. The molecule has 2 rings (SSSR count). The van der Waals surface area contributed by atoms with Crippen molar-refractivity contribution in [2.75, 3.05) is 12.4 Å². The smallest absolute Gasteiger partial charge is 0.335 e. The first-order valence-electron chi connectivity index (χ1n) is 7.37. The van der Waals surface area contributed by atoms with E-state index in [0.717, 1.165) is 25.7 Å². The van der Waals surface area contributed by atoms with Crippen LogP contribution in [0.2, 0.25) is 0 Å². The minimum Gasteiger partial charge on any atom is -0.478 e. The van der Waals surface area contributed by atoms with E-state index in [-0.39, 0.29) is 17.0 Å². The highest BCUT2D eigenvalue weighted by molar-refractivity contribution is 5.94. The Hall–Kier alpha value is -1.88. The maximum atomic E-state index is 12.2. The predicted octanol–water partition coefficient (Wildman–Crippen LogP) is 2.64. The summed E-state index contributed by atoms with van der Waals surface area (Å²) in [5.74, 6) is -1.07. The summed E-state index contributed by atoms with van der Waals surface area (Å²) in [5, 5.41) is 15.1. The average molecular weight is 290 g/mol. The topological polar surface area (TPSA) is 78.4 Å². The molecule has 0 aromatic heterocycles.